The summed E-state index contributed by atoms with van der Waals surface area (Å²) >= 11 is 6.35. The molecule has 8 heteroatoms. The van der Waals surface area contributed by atoms with Crippen molar-refractivity contribution in [2.24, 2.45) is 0 Å². The third-order valence-electron chi connectivity index (χ3n) is 4.04. The van der Waals surface area contributed by atoms with Crippen LogP contribution >= 0.6 is 24.0 Å². The molecule has 2 amide bonds. The summed E-state index contributed by atoms with van der Waals surface area (Å²) in [7, 11) is 0. The van der Waals surface area contributed by atoms with Crippen molar-refractivity contribution in [3.05, 3.63) is 76.8 Å². The quantitative estimate of drug-likeness (QED) is 0.511. The Morgan fingerprint density at radius 2 is 2.04 bits per heavy atom. The Hall–Kier alpha value is -3.23. The van der Waals surface area contributed by atoms with Crippen LogP contribution in [-0.2, 0) is 4.79 Å². The molecule has 6 nitrogen and oxygen atoms in total. The number of hydrogen-bond acceptors (Lipinski definition) is 6. The molecular weight excluding hydrogens is 394 g/mol. The molecule has 0 radical (unpaired) electrons. The molecule has 0 spiro atoms. The van der Waals surface area contributed by atoms with E-state index in [1.54, 1.807) is 18.3 Å². The third kappa shape index (κ3) is 3.60. The van der Waals surface area contributed by atoms with Gasteiger partial charge in [-0.15, -0.1) is 0 Å². The minimum absolute atomic E-state index is 0.0382. The molecule has 0 bridgehead atoms. The summed E-state index contributed by atoms with van der Waals surface area (Å²) in [6, 6.07) is 15.3. The molecule has 0 aliphatic carbocycles. The number of thioether (sulfide) groups is 1. The Labute approximate surface area is 169 Å². The Morgan fingerprint density at radius 1 is 1.18 bits per heavy atom. The van der Waals surface area contributed by atoms with Crippen molar-refractivity contribution in [2.45, 2.75) is 0 Å². The van der Waals surface area contributed by atoms with Crippen LogP contribution < -0.4 is 5.43 Å². The highest BCUT2D eigenvalue weighted by Crippen LogP contribution is 2.32. The second kappa shape index (κ2) is 7.41. The Kier molecular flexibility index (Phi) is 4.81. The first-order chi connectivity index (χ1) is 13.5. The average Bonchev–Trinajstić information content (AvgIpc) is 2.95. The van der Waals surface area contributed by atoms with Gasteiger partial charge in [0, 0.05) is 17.1 Å². The Morgan fingerprint density at radius 3 is 2.86 bits per heavy atom. The number of nitrogens with one attached hydrogen (secondary N) is 1. The molecule has 2 heterocycles. The SMILES string of the molecule is O=C(NN1C(=O)/C(=C\c2ccc3ncccc3c2)SC1=S)c1cccc(O)c1. The molecule has 1 fully saturated rings. The lowest BCUT2D eigenvalue weighted by atomic mass is 10.1. The maximum Gasteiger partial charge on any atom is 0.285 e. The number of aromatic hydroxyl groups is 1. The van der Waals surface area contributed by atoms with E-state index in [1.807, 2.05) is 30.3 Å². The molecule has 0 atom stereocenters. The average molecular weight is 407 g/mol. The molecule has 1 aromatic heterocycles. The largest absolute Gasteiger partial charge is 0.508 e. The van der Waals surface area contributed by atoms with Crippen LogP contribution in [0.1, 0.15) is 15.9 Å². The molecule has 28 heavy (non-hydrogen) atoms. The summed E-state index contributed by atoms with van der Waals surface area (Å²) < 4.78 is 0.229. The number of phenols is 1. The Balaban J connectivity index is 1.56. The van der Waals surface area contributed by atoms with E-state index in [9.17, 15) is 14.7 Å². The zero-order valence-corrected chi connectivity index (χ0v) is 16.0. The van der Waals surface area contributed by atoms with E-state index in [1.165, 1.54) is 18.2 Å². The second-order valence-electron chi connectivity index (χ2n) is 5.96. The molecule has 1 saturated heterocycles. The lowest BCUT2D eigenvalue weighted by Crippen LogP contribution is -2.44. The summed E-state index contributed by atoms with van der Waals surface area (Å²) in [5, 5.41) is 11.5. The number of fused-ring (bicyclic) bond motifs is 1. The monoisotopic (exact) mass is 407 g/mol. The van der Waals surface area contributed by atoms with E-state index in [2.05, 4.69) is 10.4 Å². The normalized spacial score (nSPS) is 15.4. The molecular formula is C20H13N3O3S2. The van der Waals surface area contributed by atoms with Gasteiger partial charge in [0.25, 0.3) is 11.8 Å². The maximum atomic E-state index is 12.7. The number of hydrogen-bond donors (Lipinski definition) is 2. The fraction of sp³-hybridized carbons (Fsp3) is 0. The van der Waals surface area contributed by atoms with Gasteiger partial charge >= 0.3 is 0 Å². The van der Waals surface area contributed by atoms with E-state index in [-0.39, 0.29) is 15.6 Å². The first-order valence-electron chi connectivity index (χ1n) is 8.24. The van der Waals surface area contributed by atoms with Gasteiger partial charge in [-0.3, -0.25) is 20.0 Å². The van der Waals surface area contributed by atoms with Gasteiger partial charge in [-0.25, -0.2) is 0 Å². The van der Waals surface area contributed by atoms with E-state index in [4.69, 9.17) is 12.2 Å². The lowest BCUT2D eigenvalue weighted by Gasteiger charge is -2.15. The third-order valence-corrected chi connectivity index (χ3v) is 5.34. The van der Waals surface area contributed by atoms with Crippen molar-refractivity contribution in [1.82, 2.24) is 15.4 Å². The minimum atomic E-state index is -0.537. The molecule has 0 saturated carbocycles. The van der Waals surface area contributed by atoms with Crippen LogP contribution in [-0.4, -0.2) is 31.2 Å². The summed E-state index contributed by atoms with van der Waals surface area (Å²) in [6.45, 7) is 0. The summed E-state index contributed by atoms with van der Waals surface area (Å²) in [5.74, 6) is -0.983. The number of carbonyl (C=O) groups excluding carboxylic acids is 2. The van der Waals surface area contributed by atoms with Crippen LogP contribution in [0.4, 0.5) is 0 Å². The second-order valence-corrected chi connectivity index (χ2v) is 7.64. The fourth-order valence-corrected chi connectivity index (χ4v) is 3.89. The molecule has 3 aromatic rings. The van der Waals surface area contributed by atoms with Crippen molar-refractivity contribution in [3.8, 4) is 5.75 Å². The van der Waals surface area contributed by atoms with Crippen molar-refractivity contribution in [1.29, 1.82) is 0 Å². The predicted molar refractivity (Wildman–Crippen MR) is 112 cm³/mol. The highest BCUT2D eigenvalue weighted by Gasteiger charge is 2.33. The number of pyridine rings is 1. The van der Waals surface area contributed by atoms with E-state index >= 15 is 0 Å². The number of rotatable bonds is 3. The number of amides is 2. The number of benzene rings is 2. The van der Waals surface area contributed by atoms with E-state index in [0.29, 0.717) is 4.91 Å². The van der Waals surface area contributed by atoms with Gasteiger partial charge in [-0.1, -0.05) is 30.0 Å². The number of aromatic nitrogens is 1. The predicted octanol–water partition coefficient (Wildman–Crippen LogP) is 3.49. The Bertz CT molecular complexity index is 1160. The number of carbonyl (C=O) groups is 2. The highest BCUT2D eigenvalue weighted by molar-refractivity contribution is 8.26. The van der Waals surface area contributed by atoms with Crippen LogP contribution in [0.5, 0.6) is 5.75 Å². The van der Waals surface area contributed by atoms with Crippen LogP contribution in [0.3, 0.4) is 0 Å². The van der Waals surface area contributed by atoms with Crippen molar-refractivity contribution in [3.63, 3.8) is 0 Å². The number of nitrogens with zero attached hydrogens (tertiary/aromatic N) is 2. The van der Waals surface area contributed by atoms with Crippen molar-refractivity contribution in [2.75, 3.05) is 0 Å². The molecule has 1 aliphatic rings. The van der Waals surface area contributed by atoms with Crippen LogP contribution in [0, 0.1) is 0 Å². The molecule has 4 rings (SSSR count). The van der Waals surface area contributed by atoms with Gasteiger partial charge in [-0.2, -0.15) is 5.01 Å². The topological polar surface area (TPSA) is 82.5 Å². The van der Waals surface area contributed by atoms with Gasteiger partial charge < -0.3 is 5.11 Å². The summed E-state index contributed by atoms with van der Waals surface area (Å²) in [4.78, 5) is 29.7. The highest BCUT2D eigenvalue weighted by atomic mass is 32.2. The van der Waals surface area contributed by atoms with Gasteiger partial charge in [0.15, 0.2) is 4.32 Å². The molecule has 2 N–H and O–H groups in total. The molecule has 1 aliphatic heterocycles. The zero-order chi connectivity index (χ0) is 19.7. The summed E-state index contributed by atoms with van der Waals surface area (Å²) in [6.07, 6.45) is 3.45. The smallest absolute Gasteiger partial charge is 0.285 e. The maximum absolute atomic E-state index is 12.7. The fourth-order valence-electron chi connectivity index (χ4n) is 2.71. The van der Waals surface area contributed by atoms with Gasteiger partial charge in [0.1, 0.15) is 5.75 Å². The van der Waals surface area contributed by atoms with Crippen molar-refractivity contribution >= 4 is 57.1 Å². The van der Waals surface area contributed by atoms with Gasteiger partial charge in [-0.05, 0) is 60.3 Å². The standard InChI is InChI=1S/C20H13N3O3S2/c24-15-5-1-3-14(11-15)18(25)22-23-19(26)17(28-20(23)27)10-12-6-7-16-13(9-12)4-2-8-21-16/h1-11,24H,(H,22,25)/b17-10+. The van der Waals surface area contributed by atoms with E-state index in [0.717, 1.165) is 33.2 Å². The summed E-state index contributed by atoms with van der Waals surface area (Å²) in [5.41, 5.74) is 4.41. The molecule has 0 unspecified atom stereocenters. The van der Waals surface area contributed by atoms with Crippen molar-refractivity contribution < 1.29 is 14.7 Å². The first kappa shape index (κ1) is 18.1. The molecule has 138 valence electrons. The zero-order valence-electron chi connectivity index (χ0n) is 14.3. The number of hydrazine groups is 1. The first-order valence-corrected chi connectivity index (χ1v) is 9.46. The van der Waals surface area contributed by atoms with E-state index < -0.39 is 11.8 Å². The van der Waals surface area contributed by atoms with Crippen LogP contribution in [0.25, 0.3) is 17.0 Å². The lowest BCUT2D eigenvalue weighted by molar-refractivity contribution is -0.123. The van der Waals surface area contributed by atoms with Gasteiger partial charge in [0.2, 0.25) is 0 Å². The van der Waals surface area contributed by atoms with Crippen LogP contribution in [0.2, 0.25) is 0 Å². The van der Waals surface area contributed by atoms with Crippen LogP contribution in [0.15, 0.2) is 65.7 Å². The molecule has 2 aromatic carbocycles. The van der Waals surface area contributed by atoms with Gasteiger partial charge in [0.05, 0.1) is 10.4 Å². The number of phenolic OH excluding ortho intramolecular Hbond substituents is 1. The minimum Gasteiger partial charge on any atom is -0.508 e. The number of thiocarbonyl (C=S) groups is 1.